The van der Waals surface area contributed by atoms with E-state index in [-0.39, 0.29) is 5.75 Å². The van der Waals surface area contributed by atoms with Crippen LogP contribution in [-0.4, -0.2) is 21.0 Å². The number of hydrogen-bond acceptors (Lipinski definition) is 5. The molecule has 1 N–H and O–H groups in total. The van der Waals surface area contributed by atoms with Crippen LogP contribution in [0.2, 0.25) is 0 Å². The van der Waals surface area contributed by atoms with Crippen molar-refractivity contribution in [2.45, 2.75) is 6.92 Å². The highest BCUT2D eigenvalue weighted by Gasteiger charge is 2.20. The molecule has 0 aliphatic carbocycles. The van der Waals surface area contributed by atoms with Gasteiger partial charge in [-0.05, 0) is 19.1 Å². The highest BCUT2D eigenvalue weighted by atomic mass is 16.6. The predicted octanol–water partition coefficient (Wildman–Crippen LogP) is 2.79. The normalized spacial score (nSPS) is 10.1. The highest BCUT2D eigenvalue weighted by Crippen LogP contribution is 2.28. The molecule has 20 heavy (non-hydrogen) atoms. The Morgan fingerprint density at radius 3 is 2.75 bits per heavy atom. The lowest BCUT2D eigenvalue weighted by molar-refractivity contribution is -0.385. The summed E-state index contributed by atoms with van der Waals surface area (Å²) in [7, 11) is 0. The first kappa shape index (κ1) is 13.5. The zero-order valence-corrected chi connectivity index (χ0v) is 10.4. The van der Waals surface area contributed by atoms with Crippen LogP contribution in [0.5, 0.6) is 11.6 Å². The number of carboxylic acids is 1. The average molecular weight is 274 g/mol. The first-order valence-electron chi connectivity index (χ1n) is 5.60. The molecule has 0 fully saturated rings. The van der Waals surface area contributed by atoms with Crippen molar-refractivity contribution < 1.29 is 19.6 Å². The van der Waals surface area contributed by atoms with E-state index in [1.54, 1.807) is 19.1 Å². The van der Waals surface area contributed by atoms with Gasteiger partial charge in [-0.25, -0.2) is 9.78 Å². The summed E-state index contributed by atoms with van der Waals surface area (Å²) in [5.41, 5.74) is -0.147. The smallest absolute Gasteiger partial charge is 0.342 e. The molecule has 2 rings (SSSR count). The molecule has 102 valence electrons. The number of nitrogens with zero attached hydrogens (tertiary/aromatic N) is 2. The fraction of sp³-hybridized carbons (Fsp3) is 0.0769. The third kappa shape index (κ3) is 2.72. The summed E-state index contributed by atoms with van der Waals surface area (Å²) in [6.45, 7) is 1.78. The topological polar surface area (TPSA) is 103 Å². The zero-order valence-electron chi connectivity index (χ0n) is 10.4. The van der Waals surface area contributed by atoms with Crippen LogP contribution < -0.4 is 4.74 Å². The molecule has 0 unspecified atom stereocenters. The van der Waals surface area contributed by atoms with Crippen LogP contribution in [-0.2, 0) is 0 Å². The lowest BCUT2D eigenvalue weighted by Crippen LogP contribution is -2.03. The number of aromatic nitrogens is 1. The maximum Gasteiger partial charge on any atom is 0.342 e. The van der Waals surface area contributed by atoms with Crippen LogP contribution in [0.15, 0.2) is 36.5 Å². The molecule has 1 heterocycles. The summed E-state index contributed by atoms with van der Waals surface area (Å²) >= 11 is 0. The minimum Gasteiger partial charge on any atom is -0.477 e. The largest absolute Gasteiger partial charge is 0.477 e. The Bertz CT molecular complexity index is 684. The van der Waals surface area contributed by atoms with E-state index in [0.717, 1.165) is 17.7 Å². The van der Waals surface area contributed by atoms with Gasteiger partial charge in [0.05, 0.1) is 4.92 Å². The molecular formula is C13H10N2O5. The maximum absolute atomic E-state index is 11.0. The van der Waals surface area contributed by atoms with E-state index in [0.29, 0.717) is 5.88 Å². The van der Waals surface area contributed by atoms with Crippen LogP contribution in [0.3, 0.4) is 0 Å². The number of nitro benzene ring substituents is 1. The minimum atomic E-state index is -1.39. The van der Waals surface area contributed by atoms with Gasteiger partial charge in [0.15, 0.2) is 0 Å². The summed E-state index contributed by atoms with van der Waals surface area (Å²) in [6.07, 6.45) is 1.53. The number of ether oxygens (including phenoxy) is 1. The molecule has 0 saturated carbocycles. The first-order chi connectivity index (χ1) is 9.49. The molecule has 0 spiro atoms. The molecule has 0 atom stereocenters. The van der Waals surface area contributed by atoms with Gasteiger partial charge in [-0.3, -0.25) is 10.1 Å². The molecule has 7 heteroatoms. The molecule has 0 saturated heterocycles. The molecule has 0 bridgehead atoms. The van der Waals surface area contributed by atoms with Crippen molar-refractivity contribution in [2.75, 3.05) is 0 Å². The Balaban J connectivity index is 2.40. The predicted molar refractivity (Wildman–Crippen MR) is 69.1 cm³/mol. The van der Waals surface area contributed by atoms with Crippen LogP contribution >= 0.6 is 0 Å². The monoisotopic (exact) mass is 274 g/mol. The Morgan fingerprint density at radius 1 is 1.40 bits per heavy atom. The van der Waals surface area contributed by atoms with Crippen molar-refractivity contribution in [3.8, 4) is 11.6 Å². The number of rotatable bonds is 4. The van der Waals surface area contributed by atoms with E-state index in [1.807, 2.05) is 0 Å². The number of nitro groups is 1. The fourth-order valence-electron chi connectivity index (χ4n) is 1.60. The van der Waals surface area contributed by atoms with E-state index >= 15 is 0 Å². The number of carboxylic acid groups (broad SMARTS) is 1. The van der Waals surface area contributed by atoms with Crippen molar-refractivity contribution in [2.24, 2.45) is 0 Å². The summed E-state index contributed by atoms with van der Waals surface area (Å²) in [4.78, 5) is 25.0. The van der Waals surface area contributed by atoms with Crippen molar-refractivity contribution in [1.82, 2.24) is 4.98 Å². The van der Waals surface area contributed by atoms with E-state index in [4.69, 9.17) is 9.84 Å². The third-order valence-corrected chi connectivity index (χ3v) is 2.57. The minimum absolute atomic E-state index is 0.176. The lowest BCUT2D eigenvalue weighted by Gasteiger charge is -2.07. The number of pyridine rings is 1. The summed E-state index contributed by atoms with van der Waals surface area (Å²) < 4.78 is 5.44. The number of benzene rings is 1. The van der Waals surface area contributed by atoms with Crippen LogP contribution in [0.4, 0.5) is 5.69 Å². The van der Waals surface area contributed by atoms with Gasteiger partial charge in [0, 0.05) is 23.9 Å². The quantitative estimate of drug-likeness (QED) is 0.679. The average Bonchev–Trinajstić information content (AvgIpc) is 2.41. The summed E-state index contributed by atoms with van der Waals surface area (Å²) in [5.74, 6) is -0.896. The molecule has 1 aromatic carbocycles. The number of aromatic carboxylic acids is 1. The highest BCUT2D eigenvalue weighted by molar-refractivity contribution is 5.92. The molecule has 0 aliphatic heterocycles. The van der Waals surface area contributed by atoms with Gasteiger partial charge in [0.2, 0.25) is 5.88 Å². The van der Waals surface area contributed by atoms with Gasteiger partial charge >= 0.3 is 5.97 Å². The Hall–Kier alpha value is -2.96. The molecular weight excluding hydrogens is 264 g/mol. The van der Waals surface area contributed by atoms with E-state index in [1.165, 1.54) is 12.3 Å². The van der Waals surface area contributed by atoms with Crippen molar-refractivity contribution in [3.05, 3.63) is 57.8 Å². The number of hydrogen-bond donors (Lipinski definition) is 1. The van der Waals surface area contributed by atoms with E-state index < -0.39 is 22.1 Å². The lowest BCUT2D eigenvalue weighted by atomic mass is 10.1. The van der Waals surface area contributed by atoms with Gasteiger partial charge < -0.3 is 9.84 Å². The van der Waals surface area contributed by atoms with Crippen molar-refractivity contribution in [3.63, 3.8) is 0 Å². The van der Waals surface area contributed by atoms with Gasteiger partial charge in [0.25, 0.3) is 5.69 Å². The Labute approximate surface area is 113 Å². The summed E-state index contributed by atoms with van der Waals surface area (Å²) in [5, 5.41) is 19.7. The van der Waals surface area contributed by atoms with E-state index in [9.17, 15) is 14.9 Å². The molecule has 0 amide bonds. The molecule has 7 nitrogen and oxygen atoms in total. The molecule has 0 radical (unpaired) electrons. The van der Waals surface area contributed by atoms with Gasteiger partial charge in [0.1, 0.15) is 11.3 Å². The van der Waals surface area contributed by atoms with Gasteiger partial charge in [-0.2, -0.15) is 0 Å². The van der Waals surface area contributed by atoms with Crippen LogP contribution in [0, 0.1) is 17.0 Å². The van der Waals surface area contributed by atoms with Crippen LogP contribution in [0.25, 0.3) is 0 Å². The SMILES string of the molecule is Cc1cccnc1Oc1ccc([N+](=O)[O-])c(C(=O)O)c1. The van der Waals surface area contributed by atoms with Crippen molar-refractivity contribution >= 4 is 11.7 Å². The van der Waals surface area contributed by atoms with Gasteiger partial charge in [-0.1, -0.05) is 6.07 Å². The Morgan fingerprint density at radius 2 is 2.15 bits per heavy atom. The third-order valence-electron chi connectivity index (χ3n) is 2.57. The Kier molecular flexibility index (Phi) is 3.60. The second-order valence-corrected chi connectivity index (χ2v) is 3.97. The van der Waals surface area contributed by atoms with Gasteiger partial charge in [-0.15, -0.1) is 0 Å². The zero-order chi connectivity index (χ0) is 14.7. The fourth-order valence-corrected chi connectivity index (χ4v) is 1.60. The summed E-state index contributed by atoms with van der Waals surface area (Å²) in [6, 6.07) is 7.05. The first-order valence-corrected chi connectivity index (χ1v) is 5.60. The second kappa shape index (κ2) is 5.35. The molecule has 0 aliphatic rings. The van der Waals surface area contributed by atoms with E-state index in [2.05, 4.69) is 4.98 Å². The second-order valence-electron chi connectivity index (χ2n) is 3.97. The van der Waals surface area contributed by atoms with Crippen LogP contribution in [0.1, 0.15) is 15.9 Å². The molecule has 1 aromatic heterocycles. The standard InChI is InChI=1S/C13H10N2O5/c1-8-3-2-6-14-12(8)20-9-4-5-11(15(18)19)10(7-9)13(16)17/h2-7H,1H3,(H,16,17). The number of carbonyl (C=O) groups is 1. The molecule has 2 aromatic rings. The maximum atomic E-state index is 11.0. The number of aryl methyl sites for hydroxylation is 1. The van der Waals surface area contributed by atoms with Crippen molar-refractivity contribution in [1.29, 1.82) is 0 Å².